The Morgan fingerprint density at radius 2 is 1.77 bits per heavy atom. The second-order valence-electron chi connectivity index (χ2n) is 4.27. The Morgan fingerprint density at radius 3 is 2.08 bits per heavy atom. The zero-order valence-electron chi connectivity index (χ0n) is 9.01. The van der Waals surface area contributed by atoms with Crippen LogP contribution in [0.2, 0.25) is 0 Å². The van der Waals surface area contributed by atoms with Gasteiger partial charge in [-0.25, -0.2) is 13.1 Å². The van der Waals surface area contributed by atoms with Gasteiger partial charge < -0.3 is 5.32 Å². The quantitative estimate of drug-likeness (QED) is 0.699. The minimum absolute atomic E-state index is 0.402. The molecule has 0 aromatic heterocycles. The summed E-state index contributed by atoms with van der Waals surface area (Å²) in [5.74, 6) is 0. The van der Waals surface area contributed by atoms with Crippen molar-refractivity contribution in [2.45, 2.75) is 38.5 Å². The molecule has 0 aromatic rings. The van der Waals surface area contributed by atoms with Crippen molar-refractivity contribution in [1.82, 2.24) is 10.0 Å². The van der Waals surface area contributed by atoms with E-state index in [2.05, 4.69) is 10.0 Å². The topological polar surface area (TPSA) is 58.2 Å². The van der Waals surface area contributed by atoms with Crippen LogP contribution in [0.15, 0.2) is 0 Å². The fourth-order valence-corrected chi connectivity index (χ4v) is 2.37. The van der Waals surface area contributed by atoms with E-state index in [0.29, 0.717) is 6.54 Å². The summed E-state index contributed by atoms with van der Waals surface area (Å²) >= 11 is 0. The maximum absolute atomic E-state index is 11.6. The molecule has 0 fully saturated rings. The normalized spacial score (nSPS) is 15.8. The average molecular weight is 208 g/mol. The monoisotopic (exact) mass is 208 g/mol. The molecule has 0 aliphatic carbocycles. The Bertz CT molecular complexity index is 241. The molecule has 0 aliphatic rings. The van der Waals surface area contributed by atoms with Gasteiger partial charge in [0.15, 0.2) is 0 Å². The molecule has 13 heavy (non-hydrogen) atoms. The van der Waals surface area contributed by atoms with Crippen LogP contribution in [0.1, 0.15) is 27.7 Å². The van der Waals surface area contributed by atoms with Crippen LogP contribution in [-0.2, 0) is 10.0 Å². The molecule has 5 heteroatoms. The predicted octanol–water partition coefficient (Wildman–Crippen LogP) is 0.312. The molecule has 0 saturated heterocycles. The highest BCUT2D eigenvalue weighted by atomic mass is 32.2. The lowest BCUT2D eigenvalue weighted by molar-refractivity contribution is 0.483. The van der Waals surface area contributed by atoms with Crippen LogP contribution in [0, 0.1) is 0 Å². The first-order valence-electron chi connectivity index (χ1n) is 4.36. The third-order valence-electron chi connectivity index (χ3n) is 1.47. The van der Waals surface area contributed by atoms with E-state index in [0.717, 1.165) is 0 Å². The molecule has 0 aliphatic heterocycles. The van der Waals surface area contributed by atoms with Gasteiger partial charge in [-0.1, -0.05) is 0 Å². The molecule has 0 aromatic carbocycles. The smallest absolute Gasteiger partial charge is 0.215 e. The van der Waals surface area contributed by atoms with Gasteiger partial charge in [-0.05, 0) is 34.7 Å². The molecule has 0 saturated carbocycles. The third kappa shape index (κ3) is 5.23. The fraction of sp³-hybridized carbons (Fsp3) is 1.00. The zero-order chi connectivity index (χ0) is 10.7. The van der Waals surface area contributed by atoms with Crippen molar-refractivity contribution in [3.8, 4) is 0 Å². The summed E-state index contributed by atoms with van der Waals surface area (Å²) in [4.78, 5) is 0. The fourth-order valence-electron chi connectivity index (χ4n) is 0.925. The molecule has 0 heterocycles. The second-order valence-corrected chi connectivity index (χ2v) is 6.36. The maximum atomic E-state index is 11.6. The van der Waals surface area contributed by atoms with Gasteiger partial charge in [-0.3, -0.25) is 0 Å². The molecular weight excluding hydrogens is 188 g/mol. The Morgan fingerprint density at radius 1 is 1.31 bits per heavy atom. The Balaban J connectivity index is 4.41. The van der Waals surface area contributed by atoms with Crippen molar-refractivity contribution in [3.63, 3.8) is 0 Å². The Hall–Kier alpha value is -0.130. The van der Waals surface area contributed by atoms with Gasteiger partial charge >= 0.3 is 0 Å². The summed E-state index contributed by atoms with van der Waals surface area (Å²) < 4.78 is 25.8. The van der Waals surface area contributed by atoms with Crippen molar-refractivity contribution in [1.29, 1.82) is 0 Å². The number of hydrogen-bond acceptors (Lipinski definition) is 3. The lowest BCUT2D eigenvalue weighted by Crippen LogP contribution is -2.46. The summed E-state index contributed by atoms with van der Waals surface area (Å²) in [5, 5.41) is 2.43. The summed E-state index contributed by atoms with van der Waals surface area (Å²) in [6.45, 7) is 7.64. The first kappa shape index (κ1) is 12.9. The van der Waals surface area contributed by atoms with Gasteiger partial charge in [-0.15, -0.1) is 0 Å². The van der Waals surface area contributed by atoms with Crippen molar-refractivity contribution in [2.75, 3.05) is 13.6 Å². The molecule has 0 amide bonds. The number of sulfonamides is 1. The van der Waals surface area contributed by atoms with Crippen LogP contribution in [0.3, 0.4) is 0 Å². The van der Waals surface area contributed by atoms with Gasteiger partial charge in [0, 0.05) is 12.1 Å². The lowest BCUT2D eigenvalue weighted by atomic mass is 10.1. The number of hydrogen-bond donors (Lipinski definition) is 2. The molecule has 2 N–H and O–H groups in total. The van der Waals surface area contributed by atoms with Crippen molar-refractivity contribution < 1.29 is 8.42 Å². The molecule has 80 valence electrons. The van der Waals surface area contributed by atoms with Crippen LogP contribution >= 0.6 is 0 Å². The molecule has 1 atom stereocenters. The highest BCUT2D eigenvalue weighted by Crippen LogP contribution is 2.05. The van der Waals surface area contributed by atoms with Crippen LogP contribution < -0.4 is 10.0 Å². The van der Waals surface area contributed by atoms with Gasteiger partial charge in [0.05, 0.1) is 5.25 Å². The zero-order valence-corrected chi connectivity index (χ0v) is 9.83. The summed E-state index contributed by atoms with van der Waals surface area (Å²) in [6.07, 6.45) is 0. The van der Waals surface area contributed by atoms with Gasteiger partial charge in [0.1, 0.15) is 0 Å². The average Bonchev–Trinajstić information content (AvgIpc) is 1.82. The lowest BCUT2D eigenvalue weighted by Gasteiger charge is -2.23. The molecule has 0 radical (unpaired) electrons. The summed E-state index contributed by atoms with van der Waals surface area (Å²) in [5.41, 5.74) is -0.402. The maximum Gasteiger partial charge on any atom is 0.215 e. The van der Waals surface area contributed by atoms with Gasteiger partial charge in [0.25, 0.3) is 0 Å². The van der Waals surface area contributed by atoms with E-state index >= 15 is 0 Å². The molecule has 0 spiro atoms. The van der Waals surface area contributed by atoms with Crippen molar-refractivity contribution in [3.05, 3.63) is 0 Å². The number of nitrogens with one attached hydrogen (secondary N) is 2. The second kappa shape index (κ2) is 4.39. The summed E-state index contributed by atoms with van der Waals surface area (Å²) in [6, 6.07) is 0. The van der Waals surface area contributed by atoms with E-state index in [1.54, 1.807) is 14.0 Å². The Labute approximate surface area is 81.2 Å². The largest absolute Gasteiger partial charge is 0.318 e. The van der Waals surface area contributed by atoms with Crippen molar-refractivity contribution >= 4 is 10.0 Å². The summed E-state index contributed by atoms with van der Waals surface area (Å²) in [7, 11) is -1.45. The predicted molar refractivity (Wildman–Crippen MR) is 55.2 cm³/mol. The highest BCUT2D eigenvalue weighted by Gasteiger charge is 2.25. The standard InChI is InChI=1S/C8H20N2O2S/c1-7(6-9-5)13(11,12)10-8(2,3)4/h7,9-10H,6H2,1-5H3. The molecule has 0 bridgehead atoms. The first-order valence-corrected chi connectivity index (χ1v) is 5.91. The first-order chi connectivity index (χ1) is 5.69. The molecular formula is C8H20N2O2S. The minimum Gasteiger partial charge on any atom is -0.318 e. The van der Waals surface area contributed by atoms with Crippen LogP contribution in [0.5, 0.6) is 0 Å². The van der Waals surface area contributed by atoms with E-state index in [1.807, 2.05) is 20.8 Å². The van der Waals surface area contributed by atoms with Crippen molar-refractivity contribution in [2.24, 2.45) is 0 Å². The third-order valence-corrected chi connectivity index (χ3v) is 3.59. The molecule has 0 rings (SSSR count). The molecule has 4 nitrogen and oxygen atoms in total. The SMILES string of the molecule is CNCC(C)S(=O)(=O)NC(C)(C)C. The van der Waals surface area contributed by atoms with Crippen LogP contribution in [0.4, 0.5) is 0 Å². The van der Waals surface area contributed by atoms with E-state index < -0.39 is 20.8 Å². The Kier molecular flexibility index (Phi) is 4.35. The minimum atomic E-state index is -3.19. The van der Waals surface area contributed by atoms with Gasteiger partial charge in [-0.2, -0.15) is 0 Å². The van der Waals surface area contributed by atoms with Crippen LogP contribution in [-0.4, -0.2) is 32.8 Å². The van der Waals surface area contributed by atoms with Gasteiger partial charge in [0.2, 0.25) is 10.0 Å². The number of rotatable bonds is 4. The van der Waals surface area contributed by atoms with E-state index in [1.165, 1.54) is 0 Å². The van der Waals surface area contributed by atoms with Crippen LogP contribution in [0.25, 0.3) is 0 Å². The van der Waals surface area contributed by atoms with E-state index in [9.17, 15) is 8.42 Å². The molecule has 1 unspecified atom stereocenters. The van der Waals surface area contributed by atoms with E-state index in [-0.39, 0.29) is 0 Å². The van der Waals surface area contributed by atoms with E-state index in [4.69, 9.17) is 0 Å². The highest BCUT2D eigenvalue weighted by molar-refractivity contribution is 7.90.